The van der Waals surface area contributed by atoms with E-state index in [9.17, 15) is 9.18 Å². The molecule has 2 aromatic rings. The first kappa shape index (κ1) is 21.5. The second kappa shape index (κ2) is 7.56. The molecule has 1 aliphatic rings. The van der Waals surface area contributed by atoms with Crippen molar-refractivity contribution in [2.45, 2.75) is 60.5 Å². The number of carbonyl (C=O) groups is 1. The number of nitrogens with zero attached hydrogens (tertiary/aromatic N) is 4. The predicted molar refractivity (Wildman–Crippen MR) is 114 cm³/mol. The summed E-state index contributed by atoms with van der Waals surface area (Å²) in [5, 5.41) is 4.70. The van der Waals surface area contributed by atoms with Crippen LogP contribution in [0.4, 0.5) is 4.39 Å². The highest BCUT2D eigenvalue weighted by molar-refractivity contribution is 5.81. The molecule has 29 heavy (non-hydrogen) atoms. The SMILES string of the molecule is Cc1nn(-c2ccc(F)cc2)c(C)c1CN1CCN(C(=O)C(C)(C)C)CC1(C)C. The molecule has 1 aromatic carbocycles. The summed E-state index contributed by atoms with van der Waals surface area (Å²) in [5.41, 5.74) is 3.61. The summed E-state index contributed by atoms with van der Waals surface area (Å²) in [5.74, 6) is -0.0401. The van der Waals surface area contributed by atoms with E-state index in [1.807, 2.05) is 37.3 Å². The van der Waals surface area contributed by atoms with Crippen LogP contribution in [0, 0.1) is 25.1 Å². The second-order valence-electron chi connectivity index (χ2n) is 9.75. The number of hydrogen-bond donors (Lipinski definition) is 0. The molecule has 0 atom stereocenters. The maximum atomic E-state index is 13.3. The van der Waals surface area contributed by atoms with Gasteiger partial charge in [-0.2, -0.15) is 5.10 Å². The zero-order chi connectivity index (χ0) is 21.6. The summed E-state index contributed by atoms with van der Waals surface area (Å²) in [6, 6.07) is 6.42. The van der Waals surface area contributed by atoms with Crippen molar-refractivity contribution in [1.29, 1.82) is 0 Å². The molecule has 0 bridgehead atoms. The van der Waals surface area contributed by atoms with E-state index in [1.165, 1.54) is 17.7 Å². The van der Waals surface area contributed by atoms with Gasteiger partial charge < -0.3 is 4.90 Å². The van der Waals surface area contributed by atoms with Gasteiger partial charge in [0.2, 0.25) is 5.91 Å². The van der Waals surface area contributed by atoms with Crippen LogP contribution in [0.2, 0.25) is 0 Å². The summed E-state index contributed by atoms with van der Waals surface area (Å²) in [6.45, 7) is 17.5. The van der Waals surface area contributed by atoms with Gasteiger partial charge in [0.1, 0.15) is 5.82 Å². The number of benzene rings is 1. The van der Waals surface area contributed by atoms with E-state index < -0.39 is 0 Å². The van der Waals surface area contributed by atoms with Gasteiger partial charge in [-0.3, -0.25) is 9.69 Å². The van der Waals surface area contributed by atoms with E-state index in [0.717, 1.165) is 36.7 Å². The smallest absolute Gasteiger partial charge is 0.228 e. The van der Waals surface area contributed by atoms with Crippen molar-refractivity contribution in [3.8, 4) is 5.69 Å². The Morgan fingerprint density at radius 2 is 1.76 bits per heavy atom. The lowest BCUT2D eigenvalue weighted by atomic mass is 9.91. The molecule has 5 nitrogen and oxygen atoms in total. The van der Waals surface area contributed by atoms with Crippen LogP contribution in [-0.4, -0.2) is 50.7 Å². The molecule has 1 fully saturated rings. The lowest BCUT2D eigenvalue weighted by Crippen LogP contribution is -2.61. The highest BCUT2D eigenvalue weighted by atomic mass is 19.1. The summed E-state index contributed by atoms with van der Waals surface area (Å²) >= 11 is 0. The van der Waals surface area contributed by atoms with E-state index in [0.29, 0.717) is 6.54 Å². The van der Waals surface area contributed by atoms with Crippen molar-refractivity contribution in [3.63, 3.8) is 0 Å². The molecular weight excluding hydrogens is 367 g/mol. The van der Waals surface area contributed by atoms with Crippen molar-refractivity contribution in [3.05, 3.63) is 47.0 Å². The third-order valence-corrected chi connectivity index (χ3v) is 5.86. The summed E-state index contributed by atoms with van der Waals surface area (Å²) < 4.78 is 15.2. The van der Waals surface area contributed by atoms with Gasteiger partial charge in [0.25, 0.3) is 0 Å². The molecule has 1 aromatic heterocycles. The van der Waals surface area contributed by atoms with Gasteiger partial charge in [-0.15, -0.1) is 0 Å². The Balaban J connectivity index is 1.80. The second-order valence-corrected chi connectivity index (χ2v) is 9.75. The molecule has 158 valence electrons. The molecule has 0 spiro atoms. The quantitative estimate of drug-likeness (QED) is 0.779. The molecule has 6 heteroatoms. The Kier molecular flexibility index (Phi) is 5.60. The molecule has 0 radical (unpaired) electrons. The average Bonchev–Trinajstić information content (AvgIpc) is 2.90. The van der Waals surface area contributed by atoms with E-state index >= 15 is 0 Å². The molecule has 1 saturated heterocycles. The molecule has 0 unspecified atom stereocenters. The lowest BCUT2D eigenvalue weighted by molar-refractivity contribution is -0.144. The van der Waals surface area contributed by atoms with Gasteiger partial charge in [0.15, 0.2) is 0 Å². The van der Waals surface area contributed by atoms with Crippen LogP contribution in [0.25, 0.3) is 5.69 Å². The fourth-order valence-corrected chi connectivity index (χ4v) is 4.06. The third-order valence-electron chi connectivity index (χ3n) is 5.86. The van der Waals surface area contributed by atoms with Crippen LogP contribution < -0.4 is 0 Å². The van der Waals surface area contributed by atoms with E-state index in [1.54, 1.807) is 12.1 Å². The number of hydrogen-bond acceptors (Lipinski definition) is 3. The molecule has 0 saturated carbocycles. The zero-order valence-corrected chi connectivity index (χ0v) is 18.7. The van der Waals surface area contributed by atoms with Gasteiger partial charge in [-0.25, -0.2) is 9.07 Å². The maximum Gasteiger partial charge on any atom is 0.228 e. The van der Waals surface area contributed by atoms with Crippen molar-refractivity contribution < 1.29 is 9.18 Å². The highest BCUT2D eigenvalue weighted by Gasteiger charge is 2.38. The normalized spacial score (nSPS) is 17.6. The number of amides is 1. The van der Waals surface area contributed by atoms with Gasteiger partial charge in [0.05, 0.1) is 11.4 Å². The fraction of sp³-hybridized carbons (Fsp3) is 0.565. The summed E-state index contributed by atoms with van der Waals surface area (Å²) in [6.07, 6.45) is 0. The maximum absolute atomic E-state index is 13.3. The number of aromatic nitrogens is 2. The number of halogens is 1. The van der Waals surface area contributed by atoms with Crippen LogP contribution in [0.15, 0.2) is 24.3 Å². The number of aryl methyl sites for hydroxylation is 1. The van der Waals surface area contributed by atoms with Crippen LogP contribution in [0.1, 0.15) is 51.6 Å². The lowest BCUT2D eigenvalue weighted by Gasteiger charge is -2.48. The summed E-state index contributed by atoms with van der Waals surface area (Å²) in [7, 11) is 0. The minimum absolute atomic E-state index is 0.129. The molecule has 1 aliphatic heterocycles. The topological polar surface area (TPSA) is 41.4 Å². The summed E-state index contributed by atoms with van der Waals surface area (Å²) in [4.78, 5) is 17.2. The van der Waals surface area contributed by atoms with Crippen molar-refractivity contribution in [2.24, 2.45) is 5.41 Å². The van der Waals surface area contributed by atoms with Crippen LogP contribution in [-0.2, 0) is 11.3 Å². The molecular formula is C23H33FN4O. The molecule has 2 heterocycles. The Bertz CT molecular complexity index is 893. The first-order chi connectivity index (χ1) is 13.4. The Morgan fingerprint density at radius 3 is 2.31 bits per heavy atom. The van der Waals surface area contributed by atoms with Crippen LogP contribution in [0.5, 0.6) is 0 Å². The Morgan fingerprint density at radius 1 is 1.14 bits per heavy atom. The number of carbonyl (C=O) groups excluding carboxylic acids is 1. The van der Waals surface area contributed by atoms with Gasteiger partial charge in [-0.1, -0.05) is 20.8 Å². The molecule has 3 rings (SSSR count). The average molecular weight is 401 g/mol. The molecule has 0 aliphatic carbocycles. The minimum atomic E-state index is -0.359. The van der Waals surface area contributed by atoms with E-state index in [2.05, 4.69) is 25.7 Å². The van der Waals surface area contributed by atoms with Crippen LogP contribution in [0.3, 0.4) is 0 Å². The van der Waals surface area contributed by atoms with Crippen LogP contribution >= 0.6 is 0 Å². The third kappa shape index (κ3) is 4.37. The number of piperazine rings is 1. The highest BCUT2D eigenvalue weighted by Crippen LogP contribution is 2.29. The fourth-order valence-electron chi connectivity index (χ4n) is 4.06. The largest absolute Gasteiger partial charge is 0.339 e. The van der Waals surface area contributed by atoms with Crippen molar-refractivity contribution in [2.75, 3.05) is 19.6 Å². The van der Waals surface area contributed by atoms with Crippen molar-refractivity contribution >= 4 is 5.91 Å². The zero-order valence-electron chi connectivity index (χ0n) is 18.7. The minimum Gasteiger partial charge on any atom is -0.339 e. The number of rotatable bonds is 3. The molecule has 0 N–H and O–H groups in total. The Hall–Kier alpha value is -2.21. The van der Waals surface area contributed by atoms with Gasteiger partial charge in [0, 0.05) is 48.4 Å². The molecule has 1 amide bonds. The standard InChI is InChI=1S/C23H33FN4O/c1-16-20(17(2)28(25-16)19-10-8-18(24)9-11-19)14-27-13-12-26(15-23(27,6)7)21(29)22(3,4)5/h8-11H,12-15H2,1-7H3. The first-order valence-electron chi connectivity index (χ1n) is 10.3. The Labute approximate surface area is 173 Å². The van der Waals surface area contributed by atoms with E-state index in [-0.39, 0.29) is 22.7 Å². The van der Waals surface area contributed by atoms with E-state index in [4.69, 9.17) is 5.10 Å². The van der Waals surface area contributed by atoms with Gasteiger partial charge in [-0.05, 0) is 52.0 Å². The first-order valence-corrected chi connectivity index (χ1v) is 10.3. The predicted octanol–water partition coefficient (Wildman–Crippen LogP) is 4.10. The monoisotopic (exact) mass is 400 g/mol. The van der Waals surface area contributed by atoms with Gasteiger partial charge >= 0.3 is 0 Å². The van der Waals surface area contributed by atoms with Crippen molar-refractivity contribution in [1.82, 2.24) is 19.6 Å².